The summed E-state index contributed by atoms with van der Waals surface area (Å²) in [5.74, 6) is 0.564. The Hall–Kier alpha value is -2.37. The van der Waals surface area contributed by atoms with Crippen LogP contribution in [0.4, 0.5) is 4.79 Å². The van der Waals surface area contributed by atoms with E-state index in [4.69, 9.17) is 4.74 Å². The van der Waals surface area contributed by atoms with Gasteiger partial charge < -0.3 is 15.0 Å². The van der Waals surface area contributed by atoms with Crippen LogP contribution in [-0.2, 0) is 0 Å². The zero-order valence-electron chi connectivity index (χ0n) is 15.1. The van der Waals surface area contributed by atoms with Crippen LogP contribution >= 0.6 is 0 Å². The first-order valence-electron chi connectivity index (χ1n) is 9.72. The fourth-order valence-electron chi connectivity index (χ4n) is 3.86. The summed E-state index contributed by atoms with van der Waals surface area (Å²) < 4.78 is 6.01. The van der Waals surface area contributed by atoms with Gasteiger partial charge in [0.2, 0.25) is 5.88 Å². The van der Waals surface area contributed by atoms with Crippen molar-refractivity contribution in [1.82, 2.24) is 20.2 Å². The standard InChI is InChI=1S/C20H26N4O2/c25-20(22-15-6-2-1-3-7-15)24-12-10-16(11-13-24)26-19-14-21-17-8-4-5-9-18(17)23-19/h4-5,8-9,14-16H,1-3,6-7,10-13H2,(H,22,25). The van der Waals surface area contributed by atoms with Crippen LogP contribution in [0, 0.1) is 0 Å². The zero-order valence-corrected chi connectivity index (χ0v) is 15.1. The number of amides is 2. The number of nitrogens with zero attached hydrogens (tertiary/aromatic N) is 3. The molecule has 26 heavy (non-hydrogen) atoms. The Morgan fingerprint density at radius 3 is 2.54 bits per heavy atom. The highest BCUT2D eigenvalue weighted by atomic mass is 16.5. The second-order valence-corrected chi connectivity index (χ2v) is 7.29. The van der Waals surface area contributed by atoms with Gasteiger partial charge in [-0.3, -0.25) is 0 Å². The number of carbonyl (C=O) groups is 1. The maximum Gasteiger partial charge on any atom is 0.317 e. The number of benzene rings is 1. The maximum absolute atomic E-state index is 12.4. The van der Waals surface area contributed by atoms with E-state index in [1.165, 1.54) is 19.3 Å². The molecule has 2 heterocycles. The minimum atomic E-state index is 0.0841. The second-order valence-electron chi connectivity index (χ2n) is 7.29. The average Bonchev–Trinajstić information content (AvgIpc) is 2.69. The van der Waals surface area contributed by atoms with E-state index < -0.39 is 0 Å². The molecule has 1 saturated carbocycles. The molecule has 0 radical (unpaired) electrons. The van der Waals surface area contributed by atoms with Crippen molar-refractivity contribution in [2.45, 2.75) is 57.1 Å². The highest BCUT2D eigenvalue weighted by molar-refractivity contribution is 5.75. The fourth-order valence-corrected chi connectivity index (χ4v) is 3.86. The number of fused-ring (bicyclic) bond motifs is 1. The van der Waals surface area contributed by atoms with Gasteiger partial charge >= 0.3 is 6.03 Å². The Morgan fingerprint density at radius 2 is 1.77 bits per heavy atom. The Balaban J connectivity index is 1.28. The minimum absolute atomic E-state index is 0.0841. The monoisotopic (exact) mass is 354 g/mol. The molecular weight excluding hydrogens is 328 g/mol. The molecule has 4 rings (SSSR count). The molecule has 0 unspecified atom stereocenters. The lowest BCUT2D eigenvalue weighted by Gasteiger charge is -2.33. The van der Waals surface area contributed by atoms with Gasteiger partial charge in [0, 0.05) is 32.0 Å². The molecule has 2 aliphatic rings. The first kappa shape index (κ1) is 17.1. The topological polar surface area (TPSA) is 67.4 Å². The van der Waals surface area contributed by atoms with Crippen LogP contribution < -0.4 is 10.1 Å². The van der Waals surface area contributed by atoms with E-state index in [1.807, 2.05) is 29.2 Å². The van der Waals surface area contributed by atoms with Crippen LogP contribution in [0.1, 0.15) is 44.9 Å². The number of para-hydroxylation sites is 2. The SMILES string of the molecule is O=C(NC1CCCCC1)N1CCC(Oc2cnc3ccccc3n2)CC1. The summed E-state index contributed by atoms with van der Waals surface area (Å²) in [6.07, 6.45) is 9.42. The summed E-state index contributed by atoms with van der Waals surface area (Å²) >= 11 is 0. The molecule has 1 N–H and O–H groups in total. The molecule has 0 bridgehead atoms. The molecule has 1 saturated heterocycles. The van der Waals surface area contributed by atoms with Crippen LogP contribution in [0.15, 0.2) is 30.5 Å². The van der Waals surface area contributed by atoms with E-state index in [-0.39, 0.29) is 12.1 Å². The molecule has 1 aromatic carbocycles. The molecular formula is C20H26N4O2. The lowest BCUT2D eigenvalue weighted by molar-refractivity contribution is 0.105. The van der Waals surface area contributed by atoms with Crippen molar-refractivity contribution in [3.05, 3.63) is 30.5 Å². The maximum atomic E-state index is 12.4. The first-order chi connectivity index (χ1) is 12.8. The van der Waals surface area contributed by atoms with Crippen LogP contribution in [0.3, 0.4) is 0 Å². The first-order valence-corrected chi connectivity index (χ1v) is 9.72. The van der Waals surface area contributed by atoms with Gasteiger partial charge in [0.15, 0.2) is 0 Å². The molecule has 1 aliphatic carbocycles. The molecule has 1 aromatic heterocycles. The van der Waals surface area contributed by atoms with Gasteiger partial charge in [0.05, 0.1) is 17.2 Å². The zero-order chi connectivity index (χ0) is 17.8. The summed E-state index contributed by atoms with van der Waals surface area (Å²) in [6.45, 7) is 1.45. The predicted molar refractivity (Wildman–Crippen MR) is 100 cm³/mol. The van der Waals surface area contributed by atoms with Gasteiger partial charge in [-0.15, -0.1) is 0 Å². The summed E-state index contributed by atoms with van der Waals surface area (Å²) in [4.78, 5) is 23.3. The highest BCUT2D eigenvalue weighted by Crippen LogP contribution is 2.21. The molecule has 2 amide bonds. The summed E-state index contributed by atoms with van der Waals surface area (Å²) in [5.41, 5.74) is 1.71. The van der Waals surface area contributed by atoms with Crippen molar-refractivity contribution in [2.75, 3.05) is 13.1 Å². The average molecular weight is 354 g/mol. The van der Waals surface area contributed by atoms with E-state index in [1.54, 1.807) is 6.20 Å². The van der Waals surface area contributed by atoms with Crippen LogP contribution in [0.25, 0.3) is 11.0 Å². The smallest absolute Gasteiger partial charge is 0.317 e. The van der Waals surface area contributed by atoms with E-state index in [9.17, 15) is 4.79 Å². The molecule has 1 aliphatic heterocycles. The largest absolute Gasteiger partial charge is 0.473 e. The van der Waals surface area contributed by atoms with Crippen molar-refractivity contribution in [1.29, 1.82) is 0 Å². The van der Waals surface area contributed by atoms with Crippen molar-refractivity contribution in [3.8, 4) is 5.88 Å². The van der Waals surface area contributed by atoms with E-state index in [2.05, 4.69) is 15.3 Å². The lowest BCUT2D eigenvalue weighted by atomic mass is 9.96. The summed E-state index contributed by atoms with van der Waals surface area (Å²) in [7, 11) is 0. The number of urea groups is 1. The molecule has 6 heteroatoms. The number of hydrogen-bond acceptors (Lipinski definition) is 4. The van der Waals surface area contributed by atoms with Gasteiger partial charge in [0.1, 0.15) is 6.10 Å². The predicted octanol–water partition coefficient (Wildman–Crippen LogP) is 3.52. The van der Waals surface area contributed by atoms with E-state index in [0.29, 0.717) is 11.9 Å². The minimum Gasteiger partial charge on any atom is -0.473 e. The number of rotatable bonds is 3. The lowest BCUT2D eigenvalue weighted by Crippen LogP contribution is -2.49. The third kappa shape index (κ3) is 4.06. The molecule has 138 valence electrons. The number of ether oxygens (including phenoxy) is 1. The molecule has 2 aromatic rings. The summed E-state index contributed by atoms with van der Waals surface area (Å²) in [5, 5.41) is 3.20. The highest BCUT2D eigenvalue weighted by Gasteiger charge is 2.26. The molecule has 6 nitrogen and oxygen atoms in total. The Kier molecular flexibility index (Phi) is 5.18. The van der Waals surface area contributed by atoms with Crippen molar-refractivity contribution < 1.29 is 9.53 Å². The van der Waals surface area contributed by atoms with Gasteiger partial charge in [-0.05, 0) is 25.0 Å². The molecule has 0 spiro atoms. The summed E-state index contributed by atoms with van der Waals surface area (Å²) in [6, 6.07) is 8.22. The van der Waals surface area contributed by atoms with Crippen LogP contribution in [0.5, 0.6) is 5.88 Å². The number of hydrogen-bond donors (Lipinski definition) is 1. The van der Waals surface area contributed by atoms with Crippen molar-refractivity contribution in [3.63, 3.8) is 0 Å². The number of carbonyl (C=O) groups excluding carboxylic acids is 1. The number of aromatic nitrogens is 2. The van der Waals surface area contributed by atoms with E-state index >= 15 is 0 Å². The van der Waals surface area contributed by atoms with Gasteiger partial charge in [0.25, 0.3) is 0 Å². The van der Waals surface area contributed by atoms with Gasteiger partial charge in [-0.2, -0.15) is 0 Å². The molecule has 2 fully saturated rings. The fraction of sp³-hybridized carbons (Fsp3) is 0.550. The Labute approximate surface area is 154 Å². The molecule has 0 atom stereocenters. The van der Waals surface area contributed by atoms with Gasteiger partial charge in [-0.1, -0.05) is 31.4 Å². The van der Waals surface area contributed by atoms with E-state index in [0.717, 1.165) is 49.8 Å². The van der Waals surface area contributed by atoms with Crippen LogP contribution in [-0.4, -0.2) is 46.1 Å². The third-order valence-electron chi connectivity index (χ3n) is 5.38. The van der Waals surface area contributed by atoms with Crippen molar-refractivity contribution in [2.24, 2.45) is 0 Å². The third-order valence-corrected chi connectivity index (χ3v) is 5.38. The number of piperidine rings is 1. The number of likely N-dealkylation sites (tertiary alicyclic amines) is 1. The Bertz CT molecular complexity index is 752. The van der Waals surface area contributed by atoms with Crippen LogP contribution in [0.2, 0.25) is 0 Å². The number of nitrogens with one attached hydrogen (secondary N) is 1. The normalized spacial score (nSPS) is 19.5. The van der Waals surface area contributed by atoms with Crippen molar-refractivity contribution >= 4 is 17.1 Å². The quantitative estimate of drug-likeness (QED) is 0.916. The Morgan fingerprint density at radius 1 is 1.04 bits per heavy atom. The van der Waals surface area contributed by atoms with Gasteiger partial charge in [-0.25, -0.2) is 14.8 Å². The second kappa shape index (κ2) is 7.89.